The van der Waals surface area contributed by atoms with Crippen LogP contribution in [0.3, 0.4) is 0 Å². The number of nitrogens with one attached hydrogen (secondary N) is 1. The smallest absolute Gasteiger partial charge is 0.312 e. The van der Waals surface area contributed by atoms with Gasteiger partial charge in [-0.25, -0.2) is 31.9 Å². The third kappa shape index (κ3) is 4.94. The van der Waals surface area contributed by atoms with Crippen molar-refractivity contribution in [3.63, 3.8) is 0 Å². The molecule has 156 valence electrons. The highest BCUT2D eigenvalue weighted by molar-refractivity contribution is 7.88. The molecule has 1 saturated carbocycles. The molecule has 0 saturated heterocycles. The molecule has 7 nitrogen and oxygen atoms in total. The first-order chi connectivity index (χ1) is 13.6. The number of aromatic nitrogens is 2. The monoisotopic (exact) mass is 425 g/mol. The maximum atomic E-state index is 14.6. The van der Waals surface area contributed by atoms with Gasteiger partial charge in [-0.3, -0.25) is 4.79 Å². The Hall–Kier alpha value is -2.46. The normalized spacial score (nSPS) is 24.4. The summed E-state index contributed by atoms with van der Waals surface area (Å²) in [5.74, 6) is -0.841. The van der Waals surface area contributed by atoms with Crippen LogP contribution in [0.15, 0.2) is 36.7 Å². The molecule has 3 atom stereocenters. The number of ether oxygens (including phenoxy) is 1. The van der Waals surface area contributed by atoms with E-state index in [0.717, 1.165) is 18.6 Å². The number of nitrogens with zero attached hydrogens (tertiary/aromatic N) is 2. The van der Waals surface area contributed by atoms with Crippen LogP contribution in [0.5, 0.6) is 0 Å². The fourth-order valence-electron chi connectivity index (χ4n) is 3.81. The number of sulfonamides is 1. The van der Waals surface area contributed by atoms with Gasteiger partial charge in [-0.05, 0) is 30.9 Å². The molecule has 1 N–H and O–H groups in total. The summed E-state index contributed by atoms with van der Waals surface area (Å²) < 4.78 is 57.9. The molecule has 1 aliphatic carbocycles. The van der Waals surface area contributed by atoms with Crippen LogP contribution in [-0.2, 0) is 26.0 Å². The van der Waals surface area contributed by atoms with Crippen LogP contribution in [0.2, 0.25) is 0 Å². The van der Waals surface area contributed by atoms with E-state index in [4.69, 9.17) is 4.74 Å². The van der Waals surface area contributed by atoms with Crippen molar-refractivity contribution in [3.8, 4) is 11.4 Å². The van der Waals surface area contributed by atoms with Crippen LogP contribution in [0.25, 0.3) is 11.4 Å². The second-order valence-corrected chi connectivity index (χ2v) is 9.07. The maximum absolute atomic E-state index is 14.6. The number of hydrogen-bond acceptors (Lipinski definition) is 6. The summed E-state index contributed by atoms with van der Waals surface area (Å²) in [4.78, 5) is 20.4. The number of hydrogen-bond donors (Lipinski definition) is 1. The minimum Gasteiger partial charge on any atom is -0.469 e. The van der Waals surface area contributed by atoms with E-state index in [1.807, 2.05) is 0 Å². The van der Waals surface area contributed by atoms with Crippen LogP contribution in [0, 0.1) is 11.2 Å². The summed E-state index contributed by atoms with van der Waals surface area (Å²) in [5.41, 5.74) is 0.106. The Kier molecular flexibility index (Phi) is 5.95. The molecule has 1 aliphatic rings. The van der Waals surface area contributed by atoms with Crippen molar-refractivity contribution in [2.45, 2.75) is 31.5 Å². The zero-order chi connectivity index (χ0) is 21.2. The first-order valence-corrected chi connectivity index (χ1v) is 10.8. The van der Waals surface area contributed by atoms with Crippen molar-refractivity contribution >= 4 is 16.0 Å². The van der Waals surface area contributed by atoms with Gasteiger partial charge in [0.1, 0.15) is 6.17 Å². The summed E-state index contributed by atoms with van der Waals surface area (Å²) in [5, 5.41) is 0. The molecule has 0 bridgehead atoms. The molecule has 1 aromatic heterocycles. The Bertz CT molecular complexity index is 1000. The highest BCUT2D eigenvalue weighted by atomic mass is 32.2. The number of methoxy groups -OCH3 is 1. The maximum Gasteiger partial charge on any atom is 0.312 e. The van der Waals surface area contributed by atoms with Crippen molar-refractivity contribution in [3.05, 3.63) is 48.0 Å². The third-order valence-electron chi connectivity index (χ3n) is 4.96. The van der Waals surface area contributed by atoms with E-state index in [-0.39, 0.29) is 19.3 Å². The standard InChI is InChI=1S/C19H21F2N3O4S/c1-28-18(25)19(8-15(21)16(9-19)24-29(2,26)27)7-12-4-3-5-13(6-12)17-22-10-14(20)11-23-17/h3-6,10-11,15-16,24H,7-9H2,1-2H3/t15-,16+,19-/m0/s1. The van der Waals surface area contributed by atoms with Crippen molar-refractivity contribution in [2.75, 3.05) is 13.4 Å². The summed E-state index contributed by atoms with van der Waals surface area (Å²) in [6.07, 6.45) is 1.50. The molecule has 3 rings (SSSR count). The first kappa shape index (κ1) is 21.3. The first-order valence-electron chi connectivity index (χ1n) is 8.88. The quantitative estimate of drug-likeness (QED) is 0.712. The summed E-state index contributed by atoms with van der Waals surface area (Å²) in [6, 6.07) is 5.97. The van der Waals surface area contributed by atoms with Gasteiger partial charge in [0.25, 0.3) is 0 Å². The van der Waals surface area contributed by atoms with E-state index in [2.05, 4.69) is 14.7 Å². The van der Waals surface area contributed by atoms with Crippen LogP contribution >= 0.6 is 0 Å². The zero-order valence-electron chi connectivity index (χ0n) is 15.9. The second-order valence-electron chi connectivity index (χ2n) is 7.29. The van der Waals surface area contributed by atoms with Crippen molar-refractivity contribution < 1.29 is 26.7 Å². The van der Waals surface area contributed by atoms with Gasteiger partial charge in [0.2, 0.25) is 10.0 Å². The van der Waals surface area contributed by atoms with E-state index in [0.29, 0.717) is 17.0 Å². The molecule has 0 spiro atoms. The number of alkyl halides is 1. The minimum absolute atomic E-state index is 0.0226. The zero-order valence-corrected chi connectivity index (χ0v) is 16.7. The highest BCUT2D eigenvalue weighted by Crippen LogP contribution is 2.44. The molecule has 1 fully saturated rings. The van der Waals surface area contributed by atoms with Crippen molar-refractivity contribution in [2.24, 2.45) is 5.41 Å². The lowest BCUT2D eigenvalue weighted by Gasteiger charge is -2.26. The van der Waals surface area contributed by atoms with E-state index in [1.54, 1.807) is 24.3 Å². The second kappa shape index (κ2) is 8.11. The molecule has 1 heterocycles. The number of halogens is 2. The SMILES string of the molecule is COC(=O)[C@@]1(Cc2cccc(-c3ncc(F)cn3)c2)C[C@H](F)[C@H](NS(C)(=O)=O)C1. The summed E-state index contributed by atoms with van der Waals surface area (Å²) >= 11 is 0. The number of esters is 1. The molecular weight excluding hydrogens is 404 g/mol. The Morgan fingerprint density at radius 3 is 2.62 bits per heavy atom. The topological polar surface area (TPSA) is 98.2 Å². The van der Waals surface area contributed by atoms with E-state index in [9.17, 15) is 22.0 Å². The van der Waals surface area contributed by atoms with Gasteiger partial charge < -0.3 is 4.74 Å². The molecule has 1 aromatic carbocycles. The van der Waals surface area contributed by atoms with Gasteiger partial charge in [-0.15, -0.1) is 0 Å². The van der Waals surface area contributed by atoms with Gasteiger partial charge in [-0.1, -0.05) is 18.2 Å². The van der Waals surface area contributed by atoms with Crippen molar-refractivity contribution in [1.82, 2.24) is 14.7 Å². The lowest BCUT2D eigenvalue weighted by molar-refractivity contribution is -0.152. The van der Waals surface area contributed by atoms with E-state index < -0.39 is 39.4 Å². The summed E-state index contributed by atoms with van der Waals surface area (Å²) in [6.45, 7) is 0. The fourth-order valence-corrected chi connectivity index (χ4v) is 4.59. The van der Waals surface area contributed by atoms with Crippen LogP contribution in [0.1, 0.15) is 18.4 Å². The molecule has 0 unspecified atom stereocenters. The summed E-state index contributed by atoms with van der Waals surface area (Å²) in [7, 11) is -2.41. The van der Waals surface area contributed by atoms with Gasteiger partial charge in [0.05, 0.1) is 37.2 Å². The lowest BCUT2D eigenvalue weighted by Crippen LogP contribution is -2.39. The molecule has 10 heteroatoms. The minimum atomic E-state index is -3.63. The average Bonchev–Trinajstić information content (AvgIpc) is 2.96. The Balaban J connectivity index is 1.89. The van der Waals surface area contributed by atoms with Gasteiger partial charge in [0, 0.05) is 5.56 Å². The molecule has 0 aliphatic heterocycles. The number of carbonyl (C=O) groups is 1. The van der Waals surface area contributed by atoms with E-state index in [1.165, 1.54) is 7.11 Å². The van der Waals surface area contributed by atoms with Crippen molar-refractivity contribution in [1.29, 1.82) is 0 Å². The van der Waals surface area contributed by atoms with Crippen LogP contribution in [-0.4, -0.2) is 49.9 Å². The number of rotatable bonds is 6. The van der Waals surface area contributed by atoms with Crippen LogP contribution < -0.4 is 4.72 Å². The Morgan fingerprint density at radius 2 is 2.00 bits per heavy atom. The van der Waals surface area contributed by atoms with Gasteiger partial charge >= 0.3 is 5.97 Å². The Morgan fingerprint density at radius 1 is 1.31 bits per heavy atom. The number of carbonyl (C=O) groups excluding carboxylic acids is 1. The number of benzene rings is 1. The lowest BCUT2D eigenvalue weighted by atomic mass is 9.79. The largest absolute Gasteiger partial charge is 0.469 e. The van der Waals surface area contributed by atoms with Gasteiger partial charge in [0.15, 0.2) is 11.6 Å². The Labute approximate surface area is 167 Å². The molecule has 0 radical (unpaired) electrons. The van der Waals surface area contributed by atoms with Gasteiger partial charge in [-0.2, -0.15) is 0 Å². The third-order valence-corrected chi connectivity index (χ3v) is 5.70. The molecule has 0 amide bonds. The molecule has 29 heavy (non-hydrogen) atoms. The predicted molar refractivity (Wildman–Crippen MR) is 101 cm³/mol. The molecule has 2 aromatic rings. The molecular formula is C19H21F2N3O4S. The highest BCUT2D eigenvalue weighted by Gasteiger charge is 2.52. The fraction of sp³-hybridized carbons (Fsp3) is 0.421. The van der Waals surface area contributed by atoms with Crippen LogP contribution in [0.4, 0.5) is 8.78 Å². The average molecular weight is 425 g/mol. The predicted octanol–water partition coefficient (Wildman–Crippen LogP) is 2.03. The van der Waals surface area contributed by atoms with E-state index >= 15 is 0 Å².